The molecule has 0 aliphatic carbocycles. The van der Waals surface area contributed by atoms with Gasteiger partial charge in [0.1, 0.15) is 23.4 Å². The molecule has 2 aromatic carbocycles. The molecule has 220 valence electrons. The molecule has 0 heterocycles. The number of carbonyl (C=O) groups excluding carboxylic acids is 3. The fourth-order valence-electron chi connectivity index (χ4n) is 4.49. The van der Waals surface area contributed by atoms with E-state index in [-0.39, 0.29) is 24.0 Å². The molecule has 3 amide bonds. The number of alkyl carbamates (subject to hydrolysis) is 1. The van der Waals surface area contributed by atoms with Gasteiger partial charge in [-0.15, -0.1) is 0 Å². The summed E-state index contributed by atoms with van der Waals surface area (Å²) in [5.74, 6) is -0.576. The number of hydrogen-bond acceptors (Lipinski definition) is 5. The Kier molecular flexibility index (Phi) is 11.2. The van der Waals surface area contributed by atoms with E-state index in [2.05, 4.69) is 10.6 Å². The molecule has 2 aromatic rings. The average molecular weight is 554 g/mol. The van der Waals surface area contributed by atoms with Crippen molar-refractivity contribution in [3.63, 3.8) is 0 Å². The second-order valence-corrected chi connectivity index (χ2v) is 12.5. The highest BCUT2D eigenvalue weighted by Gasteiger charge is 2.37. The van der Waals surface area contributed by atoms with E-state index in [1.807, 2.05) is 59.7 Å². The molecule has 0 aliphatic rings. The summed E-state index contributed by atoms with van der Waals surface area (Å²) < 4.78 is 5.49. The van der Waals surface area contributed by atoms with Gasteiger partial charge in [0.2, 0.25) is 11.8 Å². The first-order chi connectivity index (χ1) is 18.5. The number of nitrogens with one attached hydrogen (secondary N) is 2. The standard InChI is InChI=1S/C32H47N3O5/c1-10-11-16-35(27(28(37)34-31(4,5)6)24-18-21(2)17-22(3)19-24)29(38)26(33-30(39)40-32(7,8)9)20-23-12-14-25(36)15-13-23/h12-15,17-19,26-27,36H,10-11,16,20H2,1-9H3,(H,33,39)(H,34,37). The van der Waals surface area contributed by atoms with E-state index < -0.39 is 29.3 Å². The Morgan fingerprint density at radius 3 is 2.02 bits per heavy atom. The Morgan fingerprint density at radius 2 is 1.52 bits per heavy atom. The van der Waals surface area contributed by atoms with E-state index in [4.69, 9.17) is 4.74 Å². The summed E-state index contributed by atoms with van der Waals surface area (Å²) in [6.45, 7) is 17.2. The number of nitrogens with zero attached hydrogens (tertiary/aromatic N) is 1. The smallest absolute Gasteiger partial charge is 0.408 e. The number of aromatic hydroxyl groups is 1. The van der Waals surface area contributed by atoms with Crippen molar-refractivity contribution in [3.8, 4) is 5.75 Å². The molecule has 2 atom stereocenters. The minimum absolute atomic E-state index is 0.102. The lowest BCUT2D eigenvalue weighted by Crippen LogP contribution is -2.55. The predicted molar refractivity (Wildman–Crippen MR) is 158 cm³/mol. The van der Waals surface area contributed by atoms with Crippen molar-refractivity contribution in [2.24, 2.45) is 0 Å². The van der Waals surface area contributed by atoms with E-state index in [9.17, 15) is 19.5 Å². The molecule has 0 spiro atoms. The fourth-order valence-corrected chi connectivity index (χ4v) is 4.49. The minimum atomic E-state index is -1.01. The van der Waals surface area contributed by atoms with Crippen LogP contribution >= 0.6 is 0 Å². The van der Waals surface area contributed by atoms with Gasteiger partial charge in [0.25, 0.3) is 0 Å². The first-order valence-electron chi connectivity index (χ1n) is 14.0. The van der Waals surface area contributed by atoms with Gasteiger partial charge in [-0.1, -0.05) is 54.8 Å². The van der Waals surface area contributed by atoms with Gasteiger partial charge in [-0.2, -0.15) is 0 Å². The summed E-state index contributed by atoms with van der Waals surface area (Å²) in [6.07, 6.45) is 0.921. The van der Waals surface area contributed by atoms with Crippen molar-refractivity contribution >= 4 is 17.9 Å². The number of hydrogen-bond donors (Lipinski definition) is 3. The molecular formula is C32H47N3O5. The monoisotopic (exact) mass is 553 g/mol. The van der Waals surface area contributed by atoms with Crippen LogP contribution in [0.2, 0.25) is 0 Å². The lowest BCUT2D eigenvalue weighted by molar-refractivity contribution is -0.143. The minimum Gasteiger partial charge on any atom is -0.508 e. The highest BCUT2D eigenvalue weighted by atomic mass is 16.6. The number of amides is 3. The molecule has 2 rings (SSSR count). The zero-order chi connectivity index (χ0) is 30.3. The number of benzene rings is 2. The molecule has 0 radical (unpaired) electrons. The molecule has 0 saturated carbocycles. The number of rotatable bonds is 10. The van der Waals surface area contributed by atoms with Gasteiger partial charge in [-0.25, -0.2) is 4.79 Å². The third-order valence-corrected chi connectivity index (χ3v) is 6.02. The summed E-state index contributed by atoms with van der Waals surface area (Å²) in [6, 6.07) is 10.5. The molecular weight excluding hydrogens is 506 g/mol. The maximum Gasteiger partial charge on any atom is 0.408 e. The molecule has 40 heavy (non-hydrogen) atoms. The quantitative estimate of drug-likeness (QED) is 0.348. The molecule has 0 aromatic heterocycles. The number of carbonyl (C=O) groups is 3. The largest absolute Gasteiger partial charge is 0.508 e. The summed E-state index contributed by atoms with van der Waals surface area (Å²) in [7, 11) is 0. The average Bonchev–Trinajstić information content (AvgIpc) is 2.79. The Hall–Kier alpha value is -3.55. The Balaban J connectivity index is 2.61. The Labute approximate surface area is 239 Å². The van der Waals surface area contributed by atoms with Crippen molar-refractivity contribution in [1.82, 2.24) is 15.5 Å². The third-order valence-electron chi connectivity index (χ3n) is 6.02. The molecule has 3 N–H and O–H groups in total. The molecule has 8 nitrogen and oxygen atoms in total. The van der Waals surface area contributed by atoms with Crippen molar-refractivity contribution < 1.29 is 24.2 Å². The fraction of sp³-hybridized carbons (Fsp3) is 0.531. The van der Waals surface area contributed by atoms with Gasteiger partial charge >= 0.3 is 6.09 Å². The highest BCUT2D eigenvalue weighted by molar-refractivity contribution is 5.92. The summed E-state index contributed by atoms with van der Waals surface area (Å²) >= 11 is 0. The molecule has 0 aliphatic heterocycles. The van der Waals surface area contributed by atoms with Crippen LogP contribution in [0.15, 0.2) is 42.5 Å². The van der Waals surface area contributed by atoms with E-state index in [1.54, 1.807) is 37.8 Å². The lowest BCUT2D eigenvalue weighted by atomic mass is 9.96. The van der Waals surface area contributed by atoms with Gasteiger partial charge in [0.15, 0.2) is 0 Å². The van der Waals surface area contributed by atoms with Gasteiger partial charge in [-0.3, -0.25) is 9.59 Å². The summed E-state index contributed by atoms with van der Waals surface area (Å²) in [5, 5.41) is 15.6. The predicted octanol–water partition coefficient (Wildman–Crippen LogP) is 5.73. The number of unbranched alkanes of at least 4 members (excludes halogenated alkanes) is 1. The van der Waals surface area contributed by atoms with Gasteiger partial charge in [0.05, 0.1) is 0 Å². The number of phenols is 1. The van der Waals surface area contributed by atoms with Crippen LogP contribution in [0.5, 0.6) is 5.75 Å². The number of aryl methyl sites for hydroxylation is 2. The van der Waals surface area contributed by atoms with Crippen molar-refractivity contribution in [1.29, 1.82) is 0 Å². The van der Waals surface area contributed by atoms with Crippen LogP contribution in [-0.2, 0) is 20.7 Å². The second kappa shape index (κ2) is 13.7. The SMILES string of the molecule is CCCCN(C(=O)C(Cc1ccc(O)cc1)NC(=O)OC(C)(C)C)C(C(=O)NC(C)(C)C)c1cc(C)cc(C)c1. The number of phenolic OH excluding ortho intramolecular Hbond substituents is 1. The second-order valence-electron chi connectivity index (χ2n) is 12.5. The Bertz CT molecular complexity index is 1140. The van der Waals surface area contributed by atoms with Crippen LogP contribution < -0.4 is 10.6 Å². The first-order valence-corrected chi connectivity index (χ1v) is 14.0. The molecule has 0 bridgehead atoms. The topological polar surface area (TPSA) is 108 Å². The molecule has 0 fully saturated rings. The van der Waals surface area contributed by atoms with Gasteiger partial charge < -0.3 is 25.4 Å². The normalized spacial score (nSPS) is 13.2. The molecule has 2 unspecified atom stereocenters. The summed E-state index contributed by atoms with van der Waals surface area (Å²) in [4.78, 5) is 42.7. The van der Waals surface area contributed by atoms with E-state index in [0.29, 0.717) is 18.5 Å². The van der Waals surface area contributed by atoms with Crippen LogP contribution in [-0.4, -0.2) is 51.6 Å². The van der Waals surface area contributed by atoms with E-state index in [0.717, 1.165) is 23.1 Å². The Morgan fingerprint density at radius 1 is 0.950 bits per heavy atom. The van der Waals surface area contributed by atoms with Crippen molar-refractivity contribution in [3.05, 3.63) is 64.7 Å². The van der Waals surface area contributed by atoms with Crippen LogP contribution in [0.1, 0.15) is 89.6 Å². The number of ether oxygens (including phenoxy) is 1. The maximum absolute atomic E-state index is 14.4. The zero-order valence-electron chi connectivity index (χ0n) is 25.6. The van der Waals surface area contributed by atoms with E-state index >= 15 is 0 Å². The van der Waals surface area contributed by atoms with Crippen molar-refractivity contribution in [2.75, 3.05) is 6.54 Å². The van der Waals surface area contributed by atoms with Gasteiger partial charge in [-0.05, 0) is 85.1 Å². The lowest BCUT2D eigenvalue weighted by Gasteiger charge is -2.36. The van der Waals surface area contributed by atoms with Crippen LogP contribution in [0, 0.1) is 13.8 Å². The van der Waals surface area contributed by atoms with Crippen molar-refractivity contribution in [2.45, 2.75) is 105 Å². The van der Waals surface area contributed by atoms with Crippen LogP contribution in [0.4, 0.5) is 4.79 Å². The maximum atomic E-state index is 14.4. The first kappa shape index (κ1) is 32.7. The van der Waals surface area contributed by atoms with Crippen LogP contribution in [0.3, 0.4) is 0 Å². The zero-order valence-corrected chi connectivity index (χ0v) is 25.6. The van der Waals surface area contributed by atoms with E-state index in [1.165, 1.54) is 12.1 Å². The molecule has 8 heteroatoms. The van der Waals surface area contributed by atoms with Crippen LogP contribution in [0.25, 0.3) is 0 Å². The van der Waals surface area contributed by atoms with Gasteiger partial charge in [0, 0.05) is 18.5 Å². The third kappa shape index (κ3) is 10.5. The summed E-state index contributed by atoms with van der Waals surface area (Å²) in [5.41, 5.74) is 2.15. The highest BCUT2D eigenvalue weighted by Crippen LogP contribution is 2.27. The molecule has 0 saturated heterocycles.